The zero-order chi connectivity index (χ0) is 39.0. The molecule has 20 nitrogen and oxygen atoms in total. The summed E-state index contributed by atoms with van der Waals surface area (Å²) < 4.78 is 70.5. The van der Waals surface area contributed by atoms with Crippen LogP contribution in [0.15, 0.2) is 54.5 Å². The molecule has 2 fully saturated rings. The van der Waals surface area contributed by atoms with E-state index >= 15 is 0 Å². The Kier molecular flexibility index (Phi) is 11.2. The van der Waals surface area contributed by atoms with Crippen molar-refractivity contribution in [1.29, 1.82) is 0 Å². The Morgan fingerprint density at radius 3 is 1.04 bits per heavy atom. The summed E-state index contributed by atoms with van der Waals surface area (Å²) in [6.07, 6.45) is 0. The van der Waals surface area contributed by atoms with Crippen molar-refractivity contribution in [3.63, 3.8) is 0 Å². The largest absolute Gasteiger partial charge is 0.333 e. The first kappa shape index (κ1) is 39.5. The average Bonchev–Trinajstić information content (AvgIpc) is 3.05. The maximum Gasteiger partial charge on any atom is 0.333 e. The number of azo groups is 2. The molecule has 0 bridgehead atoms. The van der Waals surface area contributed by atoms with Crippen molar-refractivity contribution in [2.45, 2.75) is 63.4 Å². The van der Waals surface area contributed by atoms with Gasteiger partial charge < -0.3 is 0 Å². The number of hydrogen-bond acceptors (Lipinski definition) is 14. The highest BCUT2D eigenvalue weighted by molar-refractivity contribution is 7.86. The summed E-state index contributed by atoms with van der Waals surface area (Å²) in [5, 5.41) is 15.2. The smallest absolute Gasteiger partial charge is 0.282 e. The van der Waals surface area contributed by atoms with E-state index in [9.17, 15) is 54.7 Å². The third kappa shape index (κ3) is 7.22. The normalized spacial score (nSPS) is 17.2. The summed E-state index contributed by atoms with van der Waals surface area (Å²) >= 11 is 0. The Labute approximate surface area is 297 Å². The van der Waals surface area contributed by atoms with Crippen LogP contribution in [0.3, 0.4) is 0 Å². The molecule has 2 N–H and O–H groups in total. The molecule has 278 valence electrons. The van der Waals surface area contributed by atoms with Crippen molar-refractivity contribution in [2.24, 2.45) is 20.5 Å². The molecule has 4 rings (SSSR count). The maximum absolute atomic E-state index is 12.9. The number of carbonyl (C=O) groups is 6. The van der Waals surface area contributed by atoms with Gasteiger partial charge in [-0.2, -0.15) is 37.3 Å². The Morgan fingerprint density at radius 1 is 0.538 bits per heavy atom. The predicted molar refractivity (Wildman–Crippen MR) is 178 cm³/mol. The van der Waals surface area contributed by atoms with Gasteiger partial charge in [-0.15, -0.1) is 0 Å². The van der Waals surface area contributed by atoms with Gasteiger partial charge in [0.05, 0.1) is 0 Å². The number of benzene rings is 2. The topological polar surface area (TPSA) is 274 Å². The van der Waals surface area contributed by atoms with Gasteiger partial charge in [0.2, 0.25) is 12.1 Å². The molecule has 0 aliphatic carbocycles. The lowest BCUT2D eigenvalue weighted by Crippen LogP contribution is -2.61. The number of carbonyl (C=O) groups excluding carboxylic acids is 6. The van der Waals surface area contributed by atoms with Crippen LogP contribution >= 0.6 is 0 Å². The van der Waals surface area contributed by atoms with Crippen molar-refractivity contribution < 1.29 is 54.7 Å². The molecule has 2 aromatic carbocycles. The first-order valence-corrected chi connectivity index (χ1v) is 18.5. The molecule has 0 aromatic heterocycles. The molecule has 0 atom stereocenters. The number of aryl methyl sites for hydroxylation is 2. The molecule has 8 amide bonds. The molecular weight excluding hydrogens is 729 g/mol. The van der Waals surface area contributed by atoms with Crippen LogP contribution < -0.4 is 0 Å². The SMILES string of the molecule is CCN1C(=O)C(N=Nc2c(C)cc(-c3cc(C)c(N=NC4C(=O)N(CC)C(=O)N(CC)C4=O)c(S(=O)(=O)O)c3)cc2S(=O)(=O)O)C(=O)N(CC)C1=O. The van der Waals surface area contributed by atoms with Crippen LogP contribution in [0.2, 0.25) is 0 Å². The molecule has 22 heteroatoms. The minimum atomic E-state index is -5.11. The molecule has 2 aromatic rings. The molecule has 0 spiro atoms. The van der Waals surface area contributed by atoms with Crippen LogP contribution in [-0.4, -0.2) is 119 Å². The Hall–Kier alpha value is -5.32. The van der Waals surface area contributed by atoms with Crippen molar-refractivity contribution in [3.8, 4) is 11.1 Å². The second-order valence-corrected chi connectivity index (χ2v) is 14.1. The molecule has 2 aliphatic rings. The number of urea groups is 2. The summed E-state index contributed by atoms with van der Waals surface area (Å²) in [4.78, 5) is 77.9. The van der Waals surface area contributed by atoms with Gasteiger partial charge in [-0.1, -0.05) is 0 Å². The van der Waals surface area contributed by atoms with Crippen LogP contribution in [-0.2, 0) is 39.4 Å². The highest BCUT2D eigenvalue weighted by Gasteiger charge is 2.46. The number of likely N-dealkylation sites (N-methyl/N-ethyl adjacent to an activating group) is 4. The standard InChI is InChI=1S/C30H34N8O12S2/c1-7-35-25(39)23(26(40)36(8-2)29(35)43)33-31-21-15(5)11-17(13-19(21)51(45,46)47)18-12-16(6)22(20(14-18)52(48,49)50)32-34-24-27(41)37(9-3)30(44)38(10-4)28(24)42/h11-14,23-24H,7-10H2,1-6H3,(H,45,46,47)(H,48,49,50). The zero-order valence-corrected chi connectivity index (χ0v) is 30.3. The number of barbiturate groups is 2. The van der Waals surface area contributed by atoms with E-state index in [0.29, 0.717) is 0 Å². The third-order valence-electron chi connectivity index (χ3n) is 8.15. The van der Waals surface area contributed by atoms with Gasteiger partial charge in [0, 0.05) is 26.2 Å². The van der Waals surface area contributed by atoms with Crippen LogP contribution in [0.5, 0.6) is 0 Å². The summed E-state index contributed by atoms with van der Waals surface area (Å²) in [6.45, 7) is 8.34. The highest BCUT2D eigenvalue weighted by atomic mass is 32.2. The van der Waals surface area contributed by atoms with Gasteiger partial charge in [0.1, 0.15) is 21.2 Å². The maximum atomic E-state index is 12.9. The lowest BCUT2D eigenvalue weighted by atomic mass is 10.00. The van der Waals surface area contributed by atoms with Gasteiger partial charge in [-0.05, 0) is 88.1 Å². The number of rotatable bonds is 11. The quantitative estimate of drug-likeness (QED) is 0.190. The van der Waals surface area contributed by atoms with E-state index in [1.54, 1.807) is 0 Å². The predicted octanol–water partition coefficient (Wildman–Crippen LogP) is 3.03. The Balaban J connectivity index is 1.82. The molecule has 2 heterocycles. The molecular formula is C30H34N8O12S2. The second-order valence-electron chi connectivity index (χ2n) is 11.4. The van der Waals surface area contributed by atoms with E-state index in [2.05, 4.69) is 20.5 Å². The van der Waals surface area contributed by atoms with Crippen LogP contribution in [0, 0.1) is 13.8 Å². The Morgan fingerprint density at radius 2 is 0.808 bits per heavy atom. The summed E-state index contributed by atoms with van der Waals surface area (Å²) in [5.41, 5.74) is -0.985. The minimum absolute atomic E-state index is 0.0139. The lowest BCUT2D eigenvalue weighted by Gasteiger charge is -2.33. The van der Waals surface area contributed by atoms with Gasteiger partial charge in [0.25, 0.3) is 43.9 Å². The van der Waals surface area contributed by atoms with Crippen LogP contribution in [0.25, 0.3) is 11.1 Å². The van der Waals surface area contributed by atoms with E-state index in [0.717, 1.165) is 31.7 Å². The van der Waals surface area contributed by atoms with E-state index < -0.39 is 89.2 Å². The van der Waals surface area contributed by atoms with E-state index in [1.165, 1.54) is 53.7 Å². The first-order valence-electron chi connectivity index (χ1n) is 15.6. The van der Waals surface area contributed by atoms with Crippen LogP contribution in [0.1, 0.15) is 38.8 Å². The molecule has 0 unspecified atom stereocenters. The van der Waals surface area contributed by atoms with E-state index in [4.69, 9.17) is 0 Å². The fourth-order valence-corrected chi connectivity index (χ4v) is 6.98. The molecule has 0 radical (unpaired) electrons. The molecule has 52 heavy (non-hydrogen) atoms. The first-order chi connectivity index (χ1) is 24.2. The van der Waals surface area contributed by atoms with Crippen molar-refractivity contribution in [2.75, 3.05) is 26.2 Å². The summed E-state index contributed by atoms with van der Waals surface area (Å²) in [6, 6.07) is -0.933. The number of imide groups is 4. The van der Waals surface area contributed by atoms with Crippen molar-refractivity contribution >= 4 is 67.3 Å². The van der Waals surface area contributed by atoms with Gasteiger partial charge >= 0.3 is 12.1 Å². The summed E-state index contributed by atoms with van der Waals surface area (Å²) in [7, 11) is -10.2. The fourth-order valence-electron chi connectivity index (χ4n) is 5.54. The minimum Gasteiger partial charge on any atom is -0.282 e. The third-order valence-corrected chi connectivity index (χ3v) is 9.89. The monoisotopic (exact) mass is 762 g/mol. The average molecular weight is 763 g/mol. The second kappa shape index (κ2) is 14.7. The lowest BCUT2D eigenvalue weighted by molar-refractivity contribution is -0.146. The summed E-state index contributed by atoms with van der Waals surface area (Å²) in [5.74, 6) is -3.96. The zero-order valence-electron chi connectivity index (χ0n) is 28.7. The van der Waals surface area contributed by atoms with E-state index in [1.807, 2.05) is 0 Å². The Bertz CT molecular complexity index is 1980. The highest BCUT2D eigenvalue weighted by Crippen LogP contribution is 2.39. The molecule has 0 saturated carbocycles. The van der Waals surface area contributed by atoms with Crippen molar-refractivity contribution in [3.05, 3.63) is 35.4 Å². The number of hydrogen-bond donors (Lipinski definition) is 2. The molecule has 2 aliphatic heterocycles. The number of amides is 8. The van der Waals surface area contributed by atoms with Gasteiger partial charge in [0.15, 0.2) is 0 Å². The number of nitrogens with zero attached hydrogens (tertiary/aromatic N) is 8. The van der Waals surface area contributed by atoms with Crippen LogP contribution in [0.4, 0.5) is 21.0 Å². The van der Waals surface area contributed by atoms with Crippen molar-refractivity contribution in [1.82, 2.24) is 19.6 Å². The fraction of sp³-hybridized carbons (Fsp3) is 0.400. The van der Waals surface area contributed by atoms with Gasteiger partial charge in [-0.25, -0.2) is 9.59 Å². The van der Waals surface area contributed by atoms with Gasteiger partial charge in [-0.3, -0.25) is 47.9 Å². The van der Waals surface area contributed by atoms with E-state index in [-0.39, 0.29) is 48.4 Å². The molecule has 2 saturated heterocycles.